The van der Waals surface area contributed by atoms with Gasteiger partial charge in [-0.15, -0.1) is 6.58 Å². The molecule has 1 aromatic rings. The van der Waals surface area contributed by atoms with Crippen LogP contribution in [-0.2, 0) is 0 Å². The molecule has 1 unspecified atom stereocenters. The number of rotatable bonds is 4. The Labute approximate surface area is 125 Å². The summed E-state index contributed by atoms with van der Waals surface area (Å²) >= 11 is 5.21. The highest BCUT2D eigenvalue weighted by molar-refractivity contribution is 7.80. The fraction of sp³-hybridized carbons (Fsp3) is 0.400. The second-order valence-corrected chi connectivity index (χ2v) is 5.03. The molecule has 0 spiro atoms. The van der Waals surface area contributed by atoms with Crippen LogP contribution in [0, 0.1) is 0 Å². The van der Waals surface area contributed by atoms with Crippen LogP contribution in [0.25, 0.3) is 0 Å². The topological polar surface area (TPSA) is 42.5 Å². The maximum absolute atomic E-state index is 5.69. The molecule has 0 aliphatic carbocycles. The van der Waals surface area contributed by atoms with Gasteiger partial charge in [0.1, 0.15) is 0 Å². The summed E-state index contributed by atoms with van der Waals surface area (Å²) in [5.74, 6) is 1.62. The summed E-state index contributed by atoms with van der Waals surface area (Å²) in [5, 5.41) is 6.90. The van der Waals surface area contributed by atoms with Crippen LogP contribution in [0.4, 0.5) is 0 Å². The molecule has 4 nitrogen and oxygen atoms in total. The molecule has 2 rings (SSSR count). The highest BCUT2D eigenvalue weighted by Gasteiger charge is 2.14. The zero-order chi connectivity index (χ0) is 14.4. The van der Waals surface area contributed by atoms with E-state index in [-0.39, 0.29) is 6.04 Å². The molecule has 1 aromatic carbocycles. The molecule has 0 saturated heterocycles. The van der Waals surface area contributed by atoms with Crippen LogP contribution in [0.1, 0.15) is 24.9 Å². The number of hydrogen-bond acceptors (Lipinski definition) is 3. The van der Waals surface area contributed by atoms with Crippen molar-refractivity contribution in [1.82, 2.24) is 10.6 Å². The van der Waals surface area contributed by atoms with E-state index in [9.17, 15) is 0 Å². The first-order valence-corrected chi connectivity index (χ1v) is 7.16. The molecule has 20 heavy (non-hydrogen) atoms. The third-order valence-electron chi connectivity index (χ3n) is 3.03. The van der Waals surface area contributed by atoms with Gasteiger partial charge in [0.05, 0.1) is 19.3 Å². The molecule has 5 heteroatoms. The first kappa shape index (κ1) is 14.7. The zero-order valence-corrected chi connectivity index (χ0v) is 12.5. The van der Waals surface area contributed by atoms with Crippen LogP contribution in [0.2, 0.25) is 0 Å². The molecule has 1 aliphatic rings. The molecule has 108 valence electrons. The Morgan fingerprint density at radius 1 is 1.40 bits per heavy atom. The van der Waals surface area contributed by atoms with E-state index in [1.165, 1.54) is 0 Å². The van der Waals surface area contributed by atoms with Gasteiger partial charge in [0.25, 0.3) is 0 Å². The minimum absolute atomic E-state index is 0.0944. The number of nitrogens with one attached hydrogen (secondary N) is 2. The van der Waals surface area contributed by atoms with Crippen molar-refractivity contribution in [2.24, 2.45) is 0 Å². The Morgan fingerprint density at radius 2 is 2.15 bits per heavy atom. The maximum atomic E-state index is 5.69. The molecule has 1 aliphatic heterocycles. The van der Waals surface area contributed by atoms with E-state index in [1.807, 2.05) is 18.2 Å². The molecule has 0 radical (unpaired) electrons. The smallest absolute Gasteiger partial charge is 0.167 e. The molecule has 0 bridgehead atoms. The maximum Gasteiger partial charge on any atom is 0.167 e. The van der Waals surface area contributed by atoms with Crippen LogP contribution in [0.3, 0.4) is 0 Å². The number of benzene rings is 1. The van der Waals surface area contributed by atoms with Crippen molar-refractivity contribution in [3.8, 4) is 11.5 Å². The average molecular weight is 292 g/mol. The molecule has 1 atom stereocenters. The van der Waals surface area contributed by atoms with E-state index in [4.69, 9.17) is 21.7 Å². The van der Waals surface area contributed by atoms with Gasteiger partial charge in [0.15, 0.2) is 16.6 Å². The molecule has 0 fully saturated rings. The van der Waals surface area contributed by atoms with Crippen molar-refractivity contribution in [1.29, 1.82) is 0 Å². The average Bonchev–Trinajstić information content (AvgIpc) is 2.69. The minimum Gasteiger partial charge on any atom is -0.490 e. The SMILES string of the molecule is C=CCNC(=S)NC(C)c1ccc2c(c1)OCCCO2. The summed E-state index contributed by atoms with van der Waals surface area (Å²) in [4.78, 5) is 0. The summed E-state index contributed by atoms with van der Waals surface area (Å²) < 4.78 is 11.3. The molecule has 0 saturated carbocycles. The summed E-state index contributed by atoms with van der Waals surface area (Å²) in [6.07, 6.45) is 2.68. The second-order valence-electron chi connectivity index (χ2n) is 4.62. The van der Waals surface area contributed by atoms with Crippen LogP contribution in [0.5, 0.6) is 11.5 Å². The van der Waals surface area contributed by atoms with Gasteiger partial charge in [-0.3, -0.25) is 0 Å². The minimum atomic E-state index is 0.0944. The van der Waals surface area contributed by atoms with Gasteiger partial charge >= 0.3 is 0 Å². The summed E-state index contributed by atoms with van der Waals surface area (Å²) in [6, 6.07) is 6.08. The lowest BCUT2D eigenvalue weighted by molar-refractivity contribution is 0.297. The molecular weight excluding hydrogens is 272 g/mol. The van der Waals surface area contributed by atoms with Crippen molar-refractivity contribution in [3.63, 3.8) is 0 Å². The summed E-state index contributed by atoms with van der Waals surface area (Å²) in [6.45, 7) is 7.75. The van der Waals surface area contributed by atoms with Gasteiger partial charge in [0, 0.05) is 13.0 Å². The lowest BCUT2D eigenvalue weighted by atomic mass is 10.1. The van der Waals surface area contributed by atoms with Crippen LogP contribution >= 0.6 is 12.2 Å². The van der Waals surface area contributed by atoms with Crippen molar-refractivity contribution in [2.45, 2.75) is 19.4 Å². The third-order valence-corrected chi connectivity index (χ3v) is 3.29. The number of hydrogen-bond donors (Lipinski definition) is 2. The lowest BCUT2D eigenvalue weighted by Gasteiger charge is -2.18. The number of fused-ring (bicyclic) bond motifs is 1. The van der Waals surface area contributed by atoms with Gasteiger partial charge in [-0.05, 0) is 36.8 Å². The van der Waals surface area contributed by atoms with Crippen LogP contribution < -0.4 is 20.1 Å². The first-order chi connectivity index (χ1) is 9.70. The molecular formula is C15H20N2O2S. The predicted octanol–water partition coefficient (Wildman–Crippen LogP) is 2.56. The van der Waals surface area contributed by atoms with Crippen molar-refractivity contribution in [3.05, 3.63) is 36.4 Å². The van der Waals surface area contributed by atoms with E-state index >= 15 is 0 Å². The van der Waals surface area contributed by atoms with Crippen molar-refractivity contribution in [2.75, 3.05) is 19.8 Å². The Bertz CT molecular complexity index is 491. The highest BCUT2D eigenvalue weighted by Crippen LogP contribution is 2.32. The molecule has 2 N–H and O–H groups in total. The highest BCUT2D eigenvalue weighted by atomic mass is 32.1. The van der Waals surface area contributed by atoms with E-state index in [0.29, 0.717) is 24.9 Å². The van der Waals surface area contributed by atoms with E-state index in [0.717, 1.165) is 23.5 Å². The molecule has 0 amide bonds. The Balaban J connectivity index is 2.03. The monoisotopic (exact) mass is 292 g/mol. The quantitative estimate of drug-likeness (QED) is 0.659. The van der Waals surface area contributed by atoms with Gasteiger partial charge in [-0.2, -0.15) is 0 Å². The normalized spacial score (nSPS) is 14.8. The van der Waals surface area contributed by atoms with Gasteiger partial charge in [-0.25, -0.2) is 0 Å². The standard InChI is InChI=1S/C15H20N2O2S/c1-3-7-16-15(20)17-11(2)12-5-6-13-14(10-12)19-9-4-8-18-13/h3,5-6,10-11H,1,4,7-9H2,2H3,(H2,16,17,20). The third kappa shape index (κ3) is 3.87. The van der Waals surface area contributed by atoms with Crippen LogP contribution in [-0.4, -0.2) is 24.9 Å². The van der Waals surface area contributed by atoms with Gasteiger partial charge in [0.2, 0.25) is 0 Å². The Morgan fingerprint density at radius 3 is 2.90 bits per heavy atom. The van der Waals surface area contributed by atoms with Gasteiger partial charge < -0.3 is 20.1 Å². The molecule has 0 aromatic heterocycles. The predicted molar refractivity (Wildman–Crippen MR) is 84.4 cm³/mol. The fourth-order valence-electron chi connectivity index (χ4n) is 1.95. The second kappa shape index (κ2) is 7.14. The summed E-state index contributed by atoms with van der Waals surface area (Å²) in [7, 11) is 0. The summed E-state index contributed by atoms with van der Waals surface area (Å²) in [5.41, 5.74) is 1.11. The van der Waals surface area contributed by atoms with E-state index in [1.54, 1.807) is 6.08 Å². The van der Waals surface area contributed by atoms with Crippen molar-refractivity contribution < 1.29 is 9.47 Å². The Hall–Kier alpha value is -1.75. The van der Waals surface area contributed by atoms with E-state index in [2.05, 4.69) is 24.1 Å². The largest absolute Gasteiger partial charge is 0.490 e. The number of ether oxygens (including phenoxy) is 2. The zero-order valence-electron chi connectivity index (χ0n) is 11.6. The van der Waals surface area contributed by atoms with Crippen LogP contribution in [0.15, 0.2) is 30.9 Å². The Kier molecular flexibility index (Phi) is 5.24. The molecule has 1 heterocycles. The lowest BCUT2D eigenvalue weighted by Crippen LogP contribution is -2.36. The number of thiocarbonyl (C=S) groups is 1. The van der Waals surface area contributed by atoms with Gasteiger partial charge in [-0.1, -0.05) is 12.1 Å². The van der Waals surface area contributed by atoms with Crippen molar-refractivity contribution >= 4 is 17.3 Å². The first-order valence-electron chi connectivity index (χ1n) is 6.75. The fourth-order valence-corrected chi connectivity index (χ4v) is 2.21. The van der Waals surface area contributed by atoms with E-state index < -0.39 is 0 Å².